The molecule has 2 saturated heterocycles. The molecule has 2 aliphatic heterocycles. The number of piperidine rings is 1. The molecule has 0 aromatic heterocycles. The highest BCUT2D eigenvalue weighted by atomic mass is 16.6. The van der Waals surface area contributed by atoms with Crippen LogP contribution in [0.2, 0.25) is 0 Å². The van der Waals surface area contributed by atoms with Crippen molar-refractivity contribution in [2.45, 2.75) is 58.6 Å². The summed E-state index contributed by atoms with van der Waals surface area (Å²) in [6.45, 7) is 10.1. The van der Waals surface area contributed by atoms with Crippen molar-refractivity contribution < 1.29 is 14.3 Å². The van der Waals surface area contributed by atoms with Crippen LogP contribution in [0.3, 0.4) is 0 Å². The average molecular weight is 296 g/mol. The van der Waals surface area contributed by atoms with E-state index in [0.29, 0.717) is 18.8 Å². The van der Waals surface area contributed by atoms with E-state index in [9.17, 15) is 9.59 Å². The minimum atomic E-state index is -0.449. The molecule has 1 amide bonds. The van der Waals surface area contributed by atoms with Gasteiger partial charge in [0.2, 0.25) is 5.91 Å². The highest BCUT2D eigenvalue weighted by Crippen LogP contribution is 2.26. The third-order valence-electron chi connectivity index (χ3n) is 4.26. The molecule has 0 aromatic rings. The Labute approximate surface area is 127 Å². The fourth-order valence-electron chi connectivity index (χ4n) is 3.24. The Kier molecular flexibility index (Phi) is 4.91. The molecule has 5 heteroatoms. The number of rotatable bonds is 3. The van der Waals surface area contributed by atoms with Crippen molar-refractivity contribution >= 4 is 11.9 Å². The van der Waals surface area contributed by atoms with Gasteiger partial charge < -0.3 is 15.0 Å². The molecule has 21 heavy (non-hydrogen) atoms. The molecule has 2 fully saturated rings. The number of nitrogens with one attached hydrogen (secondary N) is 1. The molecule has 2 aliphatic rings. The standard InChI is InChI=1S/C16H28N2O3/c1-11-5-6-18(14(19)7-11)13-10-17-9-12(13)8-15(20)21-16(2,3)4/h11-13,17H,5-10H2,1-4H3/t11?,12-,13-/m0/s1. The molecular formula is C16H28N2O3. The third-order valence-corrected chi connectivity index (χ3v) is 4.26. The number of likely N-dealkylation sites (tertiary alicyclic amines) is 1. The molecule has 3 atom stereocenters. The minimum absolute atomic E-state index is 0.137. The molecule has 1 unspecified atom stereocenters. The molecule has 0 aromatic carbocycles. The number of ether oxygens (including phenoxy) is 1. The van der Waals surface area contributed by atoms with Gasteiger partial charge in [0.25, 0.3) is 0 Å². The lowest BCUT2D eigenvalue weighted by Crippen LogP contribution is -2.49. The van der Waals surface area contributed by atoms with Crippen LogP contribution in [-0.2, 0) is 14.3 Å². The van der Waals surface area contributed by atoms with Crippen molar-refractivity contribution in [1.29, 1.82) is 0 Å². The van der Waals surface area contributed by atoms with E-state index in [4.69, 9.17) is 4.74 Å². The monoisotopic (exact) mass is 296 g/mol. The maximum atomic E-state index is 12.2. The predicted molar refractivity (Wildman–Crippen MR) is 80.7 cm³/mol. The summed E-state index contributed by atoms with van der Waals surface area (Å²) in [5.74, 6) is 0.709. The second-order valence-electron chi connectivity index (χ2n) is 7.46. The first kappa shape index (κ1) is 16.3. The summed E-state index contributed by atoms with van der Waals surface area (Å²) < 4.78 is 5.41. The number of hydrogen-bond acceptors (Lipinski definition) is 4. The molecule has 0 bridgehead atoms. The van der Waals surface area contributed by atoms with Gasteiger partial charge in [-0.1, -0.05) is 6.92 Å². The van der Waals surface area contributed by atoms with Gasteiger partial charge in [-0.3, -0.25) is 9.59 Å². The van der Waals surface area contributed by atoms with Gasteiger partial charge >= 0.3 is 5.97 Å². The Morgan fingerprint density at radius 1 is 1.38 bits per heavy atom. The van der Waals surface area contributed by atoms with Crippen molar-refractivity contribution in [2.24, 2.45) is 11.8 Å². The molecule has 5 nitrogen and oxygen atoms in total. The minimum Gasteiger partial charge on any atom is -0.460 e. The zero-order chi connectivity index (χ0) is 15.6. The smallest absolute Gasteiger partial charge is 0.306 e. The summed E-state index contributed by atoms with van der Waals surface area (Å²) in [7, 11) is 0. The lowest BCUT2D eigenvalue weighted by Gasteiger charge is -2.37. The van der Waals surface area contributed by atoms with Crippen LogP contribution in [-0.4, -0.2) is 48.1 Å². The lowest BCUT2D eigenvalue weighted by atomic mass is 9.92. The molecule has 0 saturated carbocycles. The van der Waals surface area contributed by atoms with Gasteiger partial charge in [0.05, 0.1) is 6.42 Å². The van der Waals surface area contributed by atoms with E-state index in [1.54, 1.807) is 0 Å². The third kappa shape index (κ3) is 4.43. The van der Waals surface area contributed by atoms with Gasteiger partial charge in [0.15, 0.2) is 0 Å². The molecule has 120 valence electrons. The first-order valence-corrected chi connectivity index (χ1v) is 7.98. The highest BCUT2D eigenvalue weighted by molar-refractivity contribution is 5.78. The van der Waals surface area contributed by atoms with Gasteiger partial charge in [0.1, 0.15) is 5.60 Å². The molecule has 0 radical (unpaired) electrons. The van der Waals surface area contributed by atoms with Crippen molar-refractivity contribution in [3.05, 3.63) is 0 Å². The van der Waals surface area contributed by atoms with Crippen molar-refractivity contribution in [3.8, 4) is 0 Å². The van der Waals surface area contributed by atoms with Gasteiger partial charge in [-0.2, -0.15) is 0 Å². The maximum absolute atomic E-state index is 12.2. The van der Waals surface area contributed by atoms with Gasteiger partial charge in [-0.05, 0) is 33.1 Å². The fraction of sp³-hybridized carbons (Fsp3) is 0.875. The second kappa shape index (κ2) is 6.34. The molecule has 0 aliphatic carbocycles. The fourth-order valence-corrected chi connectivity index (χ4v) is 3.24. The predicted octanol–water partition coefficient (Wildman–Crippen LogP) is 1.56. The van der Waals surface area contributed by atoms with Gasteiger partial charge in [-0.15, -0.1) is 0 Å². The number of carbonyl (C=O) groups is 2. The van der Waals surface area contributed by atoms with Crippen LogP contribution in [0.25, 0.3) is 0 Å². The normalized spacial score (nSPS) is 30.6. The molecule has 2 rings (SSSR count). The molecular weight excluding hydrogens is 268 g/mol. The SMILES string of the molecule is CC1CCN([C@H]2CNC[C@@H]2CC(=O)OC(C)(C)C)C(=O)C1. The van der Waals surface area contributed by atoms with Crippen molar-refractivity contribution in [2.75, 3.05) is 19.6 Å². The van der Waals surface area contributed by atoms with Crippen molar-refractivity contribution in [3.63, 3.8) is 0 Å². The van der Waals surface area contributed by atoms with Crippen LogP contribution >= 0.6 is 0 Å². The lowest BCUT2D eigenvalue weighted by molar-refractivity contribution is -0.157. The first-order chi connectivity index (χ1) is 9.76. The largest absolute Gasteiger partial charge is 0.460 e. The molecule has 2 heterocycles. The number of amides is 1. The van der Waals surface area contributed by atoms with Gasteiger partial charge in [0, 0.05) is 38.0 Å². The summed E-state index contributed by atoms with van der Waals surface area (Å²) in [5.41, 5.74) is -0.449. The van der Waals surface area contributed by atoms with E-state index in [0.717, 1.165) is 26.1 Å². The summed E-state index contributed by atoms with van der Waals surface area (Å²) in [5, 5.41) is 3.32. The average Bonchev–Trinajstić information content (AvgIpc) is 2.74. The molecule has 1 N–H and O–H groups in total. The van der Waals surface area contributed by atoms with Crippen LogP contribution in [0.1, 0.15) is 47.0 Å². The van der Waals surface area contributed by atoms with E-state index in [-0.39, 0.29) is 23.8 Å². The van der Waals surface area contributed by atoms with Gasteiger partial charge in [-0.25, -0.2) is 0 Å². The second-order valence-corrected chi connectivity index (χ2v) is 7.46. The Hall–Kier alpha value is -1.10. The van der Waals surface area contributed by atoms with Crippen LogP contribution < -0.4 is 5.32 Å². The number of nitrogens with zero attached hydrogens (tertiary/aromatic N) is 1. The zero-order valence-corrected chi connectivity index (χ0v) is 13.6. The van der Waals surface area contributed by atoms with Crippen LogP contribution in [0.4, 0.5) is 0 Å². The highest BCUT2D eigenvalue weighted by Gasteiger charge is 2.38. The topological polar surface area (TPSA) is 58.6 Å². The van der Waals surface area contributed by atoms with Crippen LogP contribution in [0.5, 0.6) is 0 Å². The first-order valence-electron chi connectivity index (χ1n) is 7.98. The van der Waals surface area contributed by atoms with Crippen LogP contribution in [0, 0.1) is 11.8 Å². The summed E-state index contributed by atoms with van der Waals surface area (Å²) in [6, 6.07) is 0.137. The van der Waals surface area contributed by atoms with Crippen LogP contribution in [0.15, 0.2) is 0 Å². The van der Waals surface area contributed by atoms with E-state index in [1.807, 2.05) is 25.7 Å². The number of hydrogen-bond donors (Lipinski definition) is 1. The summed E-state index contributed by atoms with van der Waals surface area (Å²) in [4.78, 5) is 26.2. The van der Waals surface area contributed by atoms with Crippen molar-refractivity contribution in [1.82, 2.24) is 10.2 Å². The summed E-state index contributed by atoms with van der Waals surface area (Å²) >= 11 is 0. The Bertz CT molecular complexity index is 403. The Balaban J connectivity index is 1.94. The summed E-state index contributed by atoms with van der Waals surface area (Å²) in [6.07, 6.45) is 2.07. The van der Waals surface area contributed by atoms with E-state index in [2.05, 4.69) is 12.2 Å². The van der Waals surface area contributed by atoms with E-state index >= 15 is 0 Å². The van der Waals surface area contributed by atoms with E-state index in [1.165, 1.54) is 0 Å². The number of esters is 1. The number of carbonyl (C=O) groups excluding carboxylic acids is 2. The Morgan fingerprint density at radius 3 is 2.71 bits per heavy atom. The zero-order valence-electron chi connectivity index (χ0n) is 13.6. The Morgan fingerprint density at radius 2 is 2.10 bits per heavy atom. The molecule has 0 spiro atoms. The quantitative estimate of drug-likeness (QED) is 0.803. The maximum Gasteiger partial charge on any atom is 0.306 e. The van der Waals surface area contributed by atoms with E-state index < -0.39 is 5.60 Å².